The van der Waals surface area contributed by atoms with E-state index >= 15 is 0 Å². The summed E-state index contributed by atoms with van der Waals surface area (Å²) in [6.45, 7) is 0. The Balaban J connectivity index is 1.95. The average Bonchev–Trinajstić information content (AvgIpc) is 2.92. The number of hydrogen-bond acceptors (Lipinski definition) is 4. The molecule has 1 amide bonds. The number of benzene rings is 2. The van der Waals surface area contributed by atoms with Gasteiger partial charge in [-0.15, -0.1) is 0 Å². The molecule has 0 spiro atoms. The zero-order valence-corrected chi connectivity index (χ0v) is 15.7. The second-order valence-electron chi connectivity index (χ2n) is 6.53. The van der Waals surface area contributed by atoms with Crippen LogP contribution in [0.25, 0.3) is 33.2 Å². The molecule has 4 N–H and O–H groups in total. The molecule has 2 aromatic heterocycles. The highest BCUT2D eigenvalue weighted by Gasteiger charge is 2.28. The van der Waals surface area contributed by atoms with Crippen LogP contribution in [0.3, 0.4) is 0 Å². The SMILES string of the molecule is O=C1Cc2c(nc3ccc(Br)cc3c2C(=O)O)-c2cc3[nH]c(=O)[nH]c3cc2N1. The first-order valence-electron chi connectivity index (χ1n) is 8.32. The third-order valence-corrected chi connectivity index (χ3v) is 5.28. The number of hydrogen-bond donors (Lipinski definition) is 4. The summed E-state index contributed by atoms with van der Waals surface area (Å²) in [5.41, 5.74) is 3.02. The highest BCUT2D eigenvalue weighted by molar-refractivity contribution is 9.10. The summed E-state index contributed by atoms with van der Waals surface area (Å²) in [5.74, 6) is -1.48. The first kappa shape index (κ1) is 16.7. The number of halogens is 1. The van der Waals surface area contributed by atoms with E-state index in [1.807, 2.05) is 0 Å². The molecule has 0 unspecified atom stereocenters. The minimum Gasteiger partial charge on any atom is -0.478 e. The van der Waals surface area contributed by atoms with Gasteiger partial charge in [0.15, 0.2) is 0 Å². The van der Waals surface area contributed by atoms with Crippen LogP contribution in [0.5, 0.6) is 0 Å². The molecule has 0 atom stereocenters. The number of H-pyrrole nitrogens is 2. The van der Waals surface area contributed by atoms with Gasteiger partial charge in [-0.3, -0.25) is 4.79 Å². The normalized spacial score (nSPS) is 13.1. The van der Waals surface area contributed by atoms with Crippen molar-refractivity contribution in [3.05, 3.63) is 56.4 Å². The van der Waals surface area contributed by atoms with E-state index in [0.717, 1.165) is 0 Å². The molecule has 3 heterocycles. The van der Waals surface area contributed by atoms with Crippen LogP contribution in [-0.2, 0) is 11.2 Å². The zero-order valence-electron chi connectivity index (χ0n) is 14.1. The minimum absolute atomic E-state index is 0.0481. The number of fused-ring (bicyclic) bond motifs is 5. The molecule has 1 aliphatic rings. The summed E-state index contributed by atoms with van der Waals surface area (Å²) in [6.07, 6.45) is -0.119. The Kier molecular flexibility index (Phi) is 3.44. The molecule has 8 nitrogen and oxygen atoms in total. The van der Waals surface area contributed by atoms with Gasteiger partial charge in [0, 0.05) is 21.0 Å². The quantitative estimate of drug-likeness (QED) is 0.363. The molecule has 138 valence electrons. The molecule has 0 saturated carbocycles. The van der Waals surface area contributed by atoms with E-state index in [9.17, 15) is 19.5 Å². The summed E-state index contributed by atoms with van der Waals surface area (Å²) < 4.78 is 0.717. The lowest BCUT2D eigenvalue weighted by molar-refractivity contribution is -0.115. The van der Waals surface area contributed by atoms with Crippen LogP contribution in [0, 0.1) is 0 Å². The molecular weight excluding hydrogens is 428 g/mol. The number of aromatic nitrogens is 3. The maximum absolute atomic E-state index is 12.5. The molecule has 0 bridgehead atoms. The number of aromatic amines is 2. The van der Waals surface area contributed by atoms with Crippen molar-refractivity contribution < 1.29 is 14.7 Å². The van der Waals surface area contributed by atoms with Crippen LogP contribution in [0.4, 0.5) is 5.69 Å². The third kappa shape index (κ3) is 2.43. The Morgan fingerprint density at radius 3 is 2.61 bits per heavy atom. The van der Waals surface area contributed by atoms with Gasteiger partial charge in [0.2, 0.25) is 5.91 Å². The van der Waals surface area contributed by atoms with Crippen molar-refractivity contribution in [2.75, 3.05) is 5.32 Å². The zero-order chi connectivity index (χ0) is 19.6. The topological polar surface area (TPSA) is 128 Å². The number of carboxylic acid groups (broad SMARTS) is 1. The van der Waals surface area contributed by atoms with Crippen LogP contribution in [-0.4, -0.2) is 31.9 Å². The van der Waals surface area contributed by atoms with Gasteiger partial charge in [0.25, 0.3) is 0 Å². The Labute approximate surface area is 164 Å². The molecule has 0 aliphatic carbocycles. The lowest BCUT2D eigenvalue weighted by Crippen LogP contribution is -2.15. The van der Waals surface area contributed by atoms with E-state index in [1.54, 1.807) is 30.3 Å². The van der Waals surface area contributed by atoms with E-state index in [2.05, 4.69) is 36.2 Å². The summed E-state index contributed by atoms with van der Waals surface area (Å²) >= 11 is 3.36. The predicted octanol–water partition coefficient (Wildman–Crippen LogP) is 3.03. The number of aromatic carboxylic acids is 1. The van der Waals surface area contributed by atoms with E-state index in [1.165, 1.54) is 0 Å². The van der Waals surface area contributed by atoms with Crippen molar-refractivity contribution in [2.45, 2.75) is 6.42 Å². The van der Waals surface area contributed by atoms with Crippen LogP contribution in [0.15, 0.2) is 39.6 Å². The number of nitrogens with zero attached hydrogens (tertiary/aromatic N) is 1. The van der Waals surface area contributed by atoms with Crippen molar-refractivity contribution in [2.24, 2.45) is 0 Å². The number of amides is 1. The Bertz CT molecular complexity index is 1400. The molecule has 9 heteroatoms. The smallest absolute Gasteiger partial charge is 0.336 e. The molecule has 2 aromatic carbocycles. The minimum atomic E-state index is -1.13. The summed E-state index contributed by atoms with van der Waals surface area (Å²) in [6, 6.07) is 8.52. The number of imidazole rings is 1. The van der Waals surface area contributed by atoms with E-state index < -0.39 is 5.97 Å². The van der Waals surface area contributed by atoms with Gasteiger partial charge in [0.1, 0.15) is 0 Å². The number of anilines is 1. The largest absolute Gasteiger partial charge is 0.478 e. The Morgan fingerprint density at radius 1 is 1.11 bits per heavy atom. The van der Waals surface area contributed by atoms with Crippen LogP contribution in [0.1, 0.15) is 15.9 Å². The molecule has 28 heavy (non-hydrogen) atoms. The molecule has 5 rings (SSSR count). The highest BCUT2D eigenvalue weighted by Crippen LogP contribution is 2.38. The van der Waals surface area contributed by atoms with Gasteiger partial charge >= 0.3 is 11.7 Å². The lowest BCUT2D eigenvalue weighted by Gasteiger charge is -2.13. The van der Waals surface area contributed by atoms with Gasteiger partial charge in [-0.1, -0.05) is 15.9 Å². The van der Waals surface area contributed by atoms with Crippen molar-refractivity contribution in [1.82, 2.24) is 15.0 Å². The number of pyridine rings is 1. The molecule has 4 aromatic rings. The van der Waals surface area contributed by atoms with Crippen molar-refractivity contribution in [1.29, 1.82) is 0 Å². The standard InChI is InChI=1S/C19H11BrN4O4/c20-7-1-2-11-8(3-7)16(18(26)27)10-5-15(25)21-12-6-14-13(23-19(28)24-14)4-9(12)17(10)22-11/h1-4,6H,5H2,(H,21,25)(H,26,27)(H2,23,24,28). The number of carbonyl (C=O) groups excluding carboxylic acids is 1. The first-order chi connectivity index (χ1) is 13.4. The number of carbonyl (C=O) groups is 2. The summed E-state index contributed by atoms with van der Waals surface area (Å²) in [7, 11) is 0. The predicted molar refractivity (Wildman–Crippen MR) is 107 cm³/mol. The number of rotatable bonds is 1. The second kappa shape index (κ2) is 5.77. The van der Waals surface area contributed by atoms with Crippen LogP contribution < -0.4 is 11.0 Å². The van der Waals surface area contributed by atoms with Gasteiger partial charge in [-0.05, 0) is 30.3 Å². The van der Waals surface area contributed by atoms with Crippen LogP contribution in [0.2, 0.25) is 0 Å². The Morgan fingerprint density at radius 2 is 1.86 bits per heavy atom. The van der Waals surface area contributed by atoms with Gasteiger partial charge in [0.05, 0.1) is 39.9 Å². The summed E-state index contributed by atoms with van der Waals surface area (Å²) in [5, 5.41) is 13.1. The monoisotopic (exact) mass is 438 g/mol. The van der Waals surface area contributed by atoms with E-state index in [4.69, 9.17) is 0 Å². The van der Waals surface area contributed by atoms with Gasteiger partial charge in [-0.25, -0.2) is 14.6 Å². The maximum atomic E-state index is 12.5. The number of carboxylic acids is 1. The third-order valence-electron chi connectivity index (χ3n) is 4.78. The van der Waals surface area contributed by atoms with E-state index in [-0.39, 0.29) is 23.6 Å². The Hall–Kier alpha value is -3.46. The second-order valence-corrected chi connectivity index (χ2v) is 7.44. The van der Waals surface area contributed by atoms with Crippen molar-refractivity contribution in [3.63, 3.8) is 0 Å². The maximum Gasteiger partial charge on any atom is 0.336 e. The lowest BCUT2D eigenvalue weighted by atomic mass is 9.95. The van der Waals surface area contributed by atoms with Gasteiger partial charge in [-0.2, -0.15) is 0 Å². The van der Waals surface area contributed by atoms with E-state index in [0.29, 0.717) is 48.9 Å². The van der Waals surface area contributed by atoms with Crippen molar-refractivity contribution >= 4 is 55.4 Å². The van der Waals surface area contributed by atoms with Crippen molar-refractivity contribution in [3.8, 4) is 11.3 Å². The number of nitrogens with one attached hydrogen (secondary N) is 3. The fourth-order valence-electron chi connectivity index (χ4n) is 3.65. The fourth-order valence-corrected chi connectivity index (χ4v) is 4.01. The highest BCUT2D eigenvalue weighted by atomic mass is 79.9. The average molecular weight is 439 g/mol. The molecular formula is C19H11BrN4O4. The van der Waals surface area contributed by atoms with Gasteiger partial charge < -0.3 is 20.4 Å². The fraction of sp³-hybridized carbons (Fsp3) is 0.0526. The summed E-state index contributed by atoms with van der Waals surface area (Å²) in [4.78, 5) is 46.3. The molecule has 0 fully saturated rings. The van der Waals surface area contributed by atoms with Crippen LogP contribution >= 0.6 is 15.9 Å². The molecule has 0 radical (unpaired) electrons. The first-order valence-corrected chi connectivity index (χ1v) is 9.12. The molecule has 1 aliphatic heterocycles. The molecule has 0 saturated heterocycles.